The molecule has 0 saturated carbocycles. The normalized spacial score (nSPS) is 23.8. The Bertz CT molecular complexity index is 1720. The van der Waals surface area contributed by atoms with Gasteiger partial charge in [-0.1, -0.05) is 267 Å². The summed E-state index contributed by atoms with van der Waals surface area (Å²) in [6.45, 7) is 2.78. The number of aliphatic hydroxyl groups excluding tert-OH is 8. The molecule has 1 amide bonds. The summed E-state index contributed by atoms with van der Waals surface area (Å²) in [7, 11) is 0. The molecule has 0 bridgehead atoms. The fraction of sp³-hybridized carbons (Fsp3) is 0.819. The molecule has 0 aromatic heterocycles. The minimum absolute atomic E-state index is 0.259. The number of carbonyl (C=O) groups excluding carboxylic acids is 1. The highest BCUT2D eigenvalue weighted by Gasteiger charge is 2.51. The average Bonchev–Trinajstić information content (AvgIpc) is 2.54. The molecule has 86 heavy (non-hydrogen) atoms. The van der Waals surface area contributed by atoms with E-state index < -0.39 is 86.8 Å². The lowest BCUT2D eigenvalue weighted by molar-refractivity contribution is -0.359. The summed E-state index contributed by atoms with van der Waals surface area (Å²) >= 11 is 0. The highest BCUT2D eigenvalue weighted by molar-refractivity contribution is 5.76. The molecule has 2 fully saturated rings. The first-order valence-corrected chi connectivity index (χ1v) is 35.2. The van der Waals surface area contributed by atoms with Crippen molar-refractivity contribution < 1.29 is 64.6 Å². The van der Waals surface area contributed by atoms with Crippen molar-refractivity contribution in [2.75, 3.05) is 19.8 Å². The number of aliphatic hydroxyl groups is 8. The molecule has 2 aliphatic heterocycles. The minimum Gasteiger partial charge on any atom is -0.394 e. The van der Waals surface area contributed by atoms with Crippen LogP contribution in [0.4, 0.5) is 0 Å². The van der Waals surface area contributed by atoms with Gasteiger partial charge >= 0.3 is 0 Å². The summed E-state index contributed by atoms with van der Waals surface area (Å²) in [4.78, 5) is 13.3. The molecule has 0 spiro atoms. The van der Waals surface area contributed by atoms with Gasteiger partial charge in [-0.3, -0.25) is 4.79 Å². The second-order valence-corrected chi connectivity index (χ2v) is 24.6. The Balaban J connectivity index is 1.72. The topological polar surface area (TPSA) is 228 Å². The average molecular weight is 1220 g/mol. The molecule has 12 atom stereocenters. The van der Waals surface area contributed by atoms with Crippen molar-refractivity contribution >= 4 is 5.91 Å². The van der Waals surface area contributed by atoms with Crippen LogP contribution < -0.4 is 5.32 Å². The van der Waals surface area contributed by atoms with E-state index in [1.165, 1.54) is 180 Å². The molecule has 0 radical (unpaired) electrons. The lowest BCUT2D eigenvalue weighted by Gasteiger charge is -2.46. The van der Waals surface area contributed by atoms with Crippen LogP contribution >= 0.6 is 0 Å². The van der Waals surface area contributed by atoms with Gasteiger partial charge in [0.1, 0.15) is 48.8 Å². The standard InChI is InChI=1S/C72H129NO13/c1-3-5-7-9-11-13-15-17-19-21-23-25-27-28-29-30-31-32-34-35-37-39-41-43-45-47-49-51-53-55-61(76)60(59-83-71-69(82)67(80)70(63(58-75)85-71)86-72-68(81)66(79)65(78)62(57-74)84-72)73-64(77)56-54-52-50-48-46-44-42-40-38-36-33-26-24-22-20-18-16-14-12-10-8-6-4-2/h16,18,22,24,33,36-37,39,45,47,53,55,60-63,65-72,74-76,78-82H,3-15,17,19-21,23,25-32,34-35,38,40-44,46,48-52,54,56-59H2,1-2H3,(H,73,77)/b18-16-,24-22-,36-33-,39-37+,47-45+,55-53+. The fourth-order valence-electron chi connectivity index (χ4n) is 11.2. The molecule has 2 heterocycles. The fourth-order valence-corrected chi connectivity index (χ4v) is 11.2. The Morgan fingerprint density at radius 3 is 1.22 bits per heavy atom. The first-order chi connectivity index (χ1) is 42.1. The molecule has 12 unspecified atom stereocenters. The quantitative estimate of drug-likeness (QED) is 0.0204. The highest BCUT2D eigenvalue weighted by Crippen LogP contribution is 2.30. The van der Waals surface area contributed by atoms with Crippen LogP contribution in [-0.2, 0) is 23.7 Å². The summed E-state index contributed by atoms with van der Waals surface area (Å²) in [5.74, 6) is -0.260. The zero-order chi connectivity index (χ0) is 62.3. The van der Waals surface area contributed by atoms with E-state index in [1.807, 2.05) is 6.08 Å². The summed E-state index contributed by atoms with van der Waals surface area (Å²) in [6.07, 6.45) is 59.6. The molecule has 0 aromatic carbocycles. The first kappa shape index (κ1) is 79.5. The summed E-state index contributed by atoms with van der Waals surface area (Å²) < 4.78 is 22.8. The molecule has 0 aliphatic carbocycles. The van der Waals surface area contributed by atoms with E-state index >= 15 is 0 Å². The van der Waals surface area contributed by atoms with E-state index in [0.717, 1.165) is 70.6 Å². The second kappa shape index (κ2) is 56.4. The predicted octanol–water partition coefficient (Wildman–Crippen LogP) is 14.2. The third-order valence-corrected chi connectivity index (χ3v) is 16.8. The van der Waals surface area contributed by atoms with Crippen LogP contribution in [0.5, 0.6) is 0 Å². The molecule has 2 rings (SSSR count). The van der Waals surface area contributed by atoms with Gasteiger partial charge in [0.05, 0.1) is 32.0 Å². The van der Waals surface area contributed by atoms with E-state index in [4.69, 9.17) is 18.9 Å². The molecule has 9 N–H and O–H groups in total. The Hall–Kier alpha value is -2.57. The Kier molecular flexibility index (Phi) is 52.2. The van der Waals surface area contributed by atoms with Crippen molar-refractivity contribution in [2.24, 2.45) is 0 Å². The van der Waals surface area contributed by atoms with Gasteiger partial charge in [0.25, 0.3) is 0 Å². The summed E-state index contributed by atoms with van der Waals surface area (Å²) in [5.41, 5.74) is 0. The number of allylic oxidation sites excluding steroid dienone is 11. The Morgan fingerprint density at radius 1 is 0.419 bits per heavy atom. The van der Waals surface area contributed by atoms with Gasteiger partial charge < -0.3 is 65.1 Å². The third kappa shape index (κ3) is 40.2. The number of hydrogen-bond acceptors (Lipinski definition) is 13. The van der Waals surface area contributed by atoms with Crippen LogP contribution in [0.3, 0.4) is 0 Å². The van der Waals surface area contributed by atoms with E-state index in [0.29, 0.717) is 12.8 Å². The van der Waals surface area contributed by atoms with E-state index in [2.05, 4.69) is 79.9 Å². The van der Waals surface area contributed by atoms with Crippen molar-refractivity contribution in [3.05, 3.63) is 72.9 Å². The Morgan fingerprint density at radius 2 is 0.779 bits per heavy atom. The highest BCUT2D eigenvalue weighted by atomic mass is 16.7. The number of hydrogen-bond donors (Lipinski definition) is 9. The van der Waals surface area contributed by atoms with Crippen LogP contribution in [0.1, 0.15) is 284 Å². The second-order valence-electron chi connectivity index (χ2n) is 24.6. The van der Waals surface area contributed by atoms with Gasteiger partial charge in [0.15, 0.2) is 12.6 Å². The molecular weight excluding hydrogens is 1090 g/mol. The van der Waals surface area contributed by atoms with Gasteiger partial charge in [0.2, 0.25) is 5.91 Å². The number of rotatable bonds is 57. The van der Waals surface area contributed by atoms with Gasteiger partial charge in [-0.15, -0.1) is 0 Å². The molecule has 0 aromatic rings. The zero-order valence-electron chi connectivity index (χ0n) is 54.3. The maximum absolute atomic E-state index is 13.3. The SMILES string of the molecule is CCCCCCC/C=C\C/C=C\C/C=C\CCCCCCCCCCC(=O)NC(COC1OC(CO)C(OC2OC(CO)C(O)C(O)C2O)C(O)C1O)C(O)/C=C/CC/C=C/CC/C=C/CCCCCCCCCCCCCCCCCCCCC. The summed E-state index contributed by atoms with van der Waals surface area (Å²) in [6, 6.07) is -0.947. The molecule has 14 heteroatoms. The molecule has 2 aliphatic rings. The van der Waals surface area contributed by atoms with Gasteiger partial charge in [0, 0.05) is 6.42 Å². The van der Waals surface area contributed by atoms with Gasteiger partial charge in [-0.2, -0.15) is 0 Å². The van der Waals surface area contributed by atoms with Crippen LogP contribution in [0.25, 0.3) is 0 Å². The molecule has 2 saturated heterocycles. The van der Waals surface area contributed by atoms with Gasteiger partial charge in [-0.25, -0.2) is 0 Å². The van der Waals surface area contributed by atoms with Crippen molar-refractivity contribution in [3.63, 3.8) is 0 Å². The lowest BCUT2D eigenvalue weighted by atomic mass is 9.97. The van der Waals surface area contributed by atoms with Crippen LogP contribution in [0.15, 0.2) is 72.9 Å². The van der Waals surface area contributed by atoms with Crippen molar-refractivity contribution in [1.29, 1.82) is 0 Å². The number of nitrogens with one attached hydrogen (secondary N) is 1. The van der Waals surface area contributed by atoms with E-state index in [9.17, 15) is 45.6 Å². The predicted molar refractivity (Wildman–Crippen MR) is 350 cm³/mol. The Labute approximate surface area is 523 Å². The first-order valence-electron chi connectivity index (χ1n) is 35.2. The van der Waals surface area contributed by atoms with Gasteiger partial charge in [-0.05, 0) is 83.5 Å². The number of carbonyl (C=O) groups is 1. The van der Waals surface area contributed by atoms with E-state index in [-0.39, 0.29) is 18.9 Å². The monoisotopic (exact) mass is 1220 g/mol. The zero-order valence-corrected chi connectivity index (χ0v) is 54.3. The molecule has 14 nitrogen and oxygen atoms in total. The largest absolute Gasteiger partial charge is 0.394 e. The van der Waals surface area contributed by atoms with Crippen molar-refractivity contribution in [2.45, 2.75) is 357 Å². The van der Waals surface area contributed by atoms with Crippen LogP contribution in [-0.4, -0.2) is 140 Å². The van der Waals surface area contributed by atoms with Crippen LogP contribution in [0.2, 0.25) is 0 Å². The molecular formula is C72H129NO13. The molecule has 500 valence electrons. The number of ether oxygens (including phenoxy) is 4. The van der Waals surface area contributed by atoms with Crippen molar-refractivity contribution in [3.8, 4) is 0 Å². The minimum atomic E-state index is -1.80. The van der Waals surface area contributed by atoms with Crippen molar-refractivity contribution in [1.82, 2.24) is 5.32 Å². The maximum Gasteiger partial charge on any atom is 0.220 e. The van der Waals surface area contributed by atoms with E-state index in [1.54, 1.807) is 6.08 Å². The maximum atomic E-state index is 13.3. The lowest BCUT2D eigenvalue weighted by Crippen LogP contribution is -2.65. The number of amides is 1. The third-order valence-electron chi connectivity index (χ3n) is 16.8. The number of unbranched alkanes of at least 4 members (excludes halogenated alkanes) is 34. The van der Waals surface area contributed by atoms with Crippen LogP contribution in [0, 0.1) is 0 Å². The smallest absolute Gasteiger partial charge is 0.220 e. The summed E-state index contributed by atoms with van der Waals surface area (Å²) in [5, 5.41) is 87.4.